The molecule has 0 saturated carbocycles. The maximum Gasteiger partial charge on any atom is 0.416 e. The smallest absolute Gasteiger partial charge is 0.416 e. The summed E-state index contributed by atoms with van der Waals surface area (Å²) in [5, 5.41) is 9.16. The number of alkyl halides is 3. The zero-order chi connectivity index (χ0) is 27.7. The van der Waals surface area contributed by atoms with Crippen LogP contribution in [0.3, 0.4) is 0 Å². The monoisotopic (exact) mass is 555 g/mol. The van der Waals surface area contributed by atoms with Crippen LogP contribution in [-0.4, -0.2) is 59.0 Å². The summed E-state index contributed by atoms with van der Waals surface area (Å²) >= 11 is 1.32. The maximum atomic E-state index is 13.5. The summed E-state index contributed by atoms with van der Waals surface area (Å²) < 4.78 is 53.9. The van der Waals surface area contributed by atoms with E-state index in [-0.39, 0.29) is 41.9 Å². The van der Waals surface area contributed by atoms with Crippen LogP contribution in [0.2, 0.25) is 0 Å². The molecule has 1 aromatic carbocycles. The standard InChI is InChI=1S/C26H32F3N3O5S/c1-25(2,3)21-14-32(13-18-5-4-10-36-18)23(38-21)30-22(33)19-11-17(26(27,28)29)6-7-20(19)37-15-16-8-9-31(12-16)24(34)35/h6-7,11,14,16,18H,4-5,8-10,12-13,15H2,1-3H3,(H,34,35)/b30-23-/t16-,18-/m1/s1. The summed E-state index contributed by atoms with van der Waals surface area (Å²) in [6.07, 6.45) is -1.38. The highest BCUT2D eigenvalue weighted by Gasteiger charge is 2.33. The Labute approximate surface area is 222 Å². The number of amides is 2. The number of rotatable bonds is 6. The second-order valence-corrected chi connectivity index (χ2v) is 11.7. The summed E-state index contributed by atoms with van der Waals surface area (Å²) in [7, 11) is 0. The van der Waals surface area contributed by atoms with Gasteiger partial charge in [0.05, 0.1) is 30.4 Å². The summed E-state index contributed by atoms with van der Waals surface area (Å²) in [5.41, 5.74) is -1.48. The lowest BCUT2D eigenvalue weighted by molar-refractivity contribution is -0.137. The number of likely N-dealkylation sites (tertiary alicyclic amines) is 1. The number of thiazole rings is 1. The van der Waals surface area contributed by atoms with Crippen LogP contribution in [0.15, 0.2) is 29.4 Å². The quantitative estimate of drug-likeness (QED) is 0.531. The van der Waals surface area contributed by atoms with Gasteiger partial charge in [-0.2, -0.15) is 18.2 Å². The summed E-state index contributed by atoms with van der Waals surface area (Å²) in [4.78, 5) is 31.4. The fourth-order valence-electron chi connectivity index (χ4n) is 4.45. The van der Waals surface area contributed by atoms with Crippen LogP contribution in [0.5, 0.6) is 5.75 Å². The minimum absolute atomic E-state index is 0.0150. The summed E-state index contributed by atoms with van der Waals surface area (Å²) in [6.45, 7) is 7.96. The molecular formula is C26H32F3N3O5S. The molecule has 0 unspecified atom stereocenters. The molecule has 12 heteroatoms. The van der Waals surface area contributed by atoms with E-state index in [1.165, 1.54) is 16.2 Å². The Morgan fingerprint density at radius 1 is 1.24 bits per heavy atom. The fourth-order valence-corrected chi connectivity index (χ4v) is 5.50. The van der Waals surface area contributed by atoms with Gasteiger partial charge in [-0.1, -0.05) is 20.8 Å². The third kappa shape index (κ3) is 6.76. The van der Waals surface area contributed by atoms with E-state index >= 15 is 0 Å². The van der Waals surface area contributed by atoms with Crippen LogP contribution >= 0.6 is 11.3 Å². The molecule has 2 fully saturated rings. The van der Waals surface area contributed by atoms with Crippen LogP contribution in [0.1, 0.15) is 60.8 Å². The van der Waals surface area contributed by atoms with Crippen LogP contribution in [0.25, 0.3) is 0 Å². The van der Waals surface area contributed by atoms with Gasteiger partial charge in [0.2, 0.25) is 0 Å². The molecule has 8 nitrogen and oxygen atoms in total. The van der Waals surface area contributed by atoms with Crippen LogP contribution in [-0.2, 0) is 22.9 Å². The fraction of sp³-hybridized carbons (Fsp3) is 0.577. The van der Waals surface area contributed by atoms with Crippen LogP contribution in [0, 0.1) is 5.92 Å². The van der Waals surface area contributed by atoms with Gasteiger partial charge in [-0.25, -0.2) is 4.79 Å². The Kier molecular flexibility index (Phi) is 8.22. The van der Waals surface area contributed by atoms with E-state index in [0.29, 0.717) is 30.9 Å². The average molecular weight is 556 g/mol. The normalized spacial score (nSPS) is 20.8. The molecule has 0 spiro atoms. The predicted octanol–water partition coefficient (Wildman–Crippen LogP) is 5.16. The van der Waals surface area contributed by atoms with Gasteiger partial charge in [-0.05, 0) is 42.9 Å². The van der Waals surface area contributed by atoms with Gasteiger partial charge >= 0.3 is 12.3 Å². The van der Waals surface area contributed by atoms with Crippen molar-refractivity contribution in [3.63, 3.8) is 0 Å². The largest absolute Gasteiger partial charge is 0.492 e. The molecular weight excluding hydrogens is 523 g/mol. The topological polar surface area (TPSA) is 93.4 Å². The molecule has 2 amide bonds. The first kappa shape index (κ1) is 28.2. The van der Waals surface area contributed by atoms with Crippen molar-refractivity contribution < 1.29 is 37.3 Å². The third-order valence-corrected chi connectivity index (χ3v) is 8.10. The highest BCUT2D eigenvalue weighted by atomic mass is 32.1. The number of nitrogens with zero attached hydrogens (tertiary/aromatic N) is 3. The zero-order valence-corrected chi connectivity index (χ0v) is 22.4. The average Bonchev–Trinajstić information content (AvgIpc) is 3.59. The van der Waals surface area contributed by atoms with Crippen molar-refractivity contribution in [1.29, 1.82) is 0 Å². The van der Waals surface area contributed by atoms with Crippen molar-refractivity contribution in [2.45, 2.75) is 64.3 Å². The third-order valence-electron chi connectivity index (χ3n) is 6.65. The van der Waals surface area contributed by atoms with Crippen molar-refractivity contribution in [1.82, 2.24) is 9.47 Å². The first-order chi connectivity index (χ1) is 17.8. The number of halogens is 3. The van der Waals surface area contributed by atoms with Crippen molar-refractivity contribution in [2.75, 3.05) is 26.3 Å². The zero-order valence-electron chi connectivity index (χ0n) is 21.6. The SMILES string of the molecule is CC(C)(C)c1cn(C[C@H]2CCCO2)/c(=N/C(=O)c2cc(C(F)(F)F)ccc2OC[C@@H]2CCN(C(=O)O)C2)s1. The number of benzene rings is 1. The number of aromatic nitrogens is 1. The van der Waals surface area contributed by atoms with Crippen molar-refractivity contribution in [2.24, 2.45) is 10.9 Å². The second kappa shape index (κ2) is 11.1. The Balaban J connectivity index is 1.65. The Morgan fingerprint density at radius 3 is 2.61 bits per heavy atom. The highest BCUT2D eigenvalue weighted by molar-refractivity contribution is 7.09. The molecule has 0 aliphatic carbocycles. The summed E-state index contributed by atoms with van der Waals surface area (Å²) in [5.74, 6) is -0.986. The van der Waals surface area contributed by atoms with Crippen LogP contribution < -0.4 is 9.54 Å². The number of carbonyl (C=O) groups is 2. The molecule has 2 aliphatic heterocycles. The molecule has 1 N–H and O–H groups in total. The molecule has 4 rings (SSSR count). The lowest BCUT2D eigenvalue weighted by Crippen LogP contribution is -2.27. The van der Waals surface area contributed by atoms with E-state index in [2.05, 4.69) is 4.99 Å². The van der Waals surface area contributed by atoms with Gasteiger partial charge in [-0.3, -0.25) is 4.79 Å². The van der Waals surface area contributed by atoms with E-state index in [0.717, 1.165) is 35.9 Å². The maximum absolute atomic E-state index is 13.5. The minimum atomic E-state index is -4.65. The van der Waals surface area contributed by atoms with E-state index in [1.807, 2.05) is 31.5 Å². The number of carboxylic acid groups (broad SMARTS) is 1. The lowest BCUT2D eigenvalue weighted by atomic mass is 9.95. The number of hydrogen-bond acceptors (Lipinski definition) is 5. The van der Waals surface area contributed by atoms with Crippen molar-refractivity contribution in [3.8, 4) is 5.75 Å². The Bertz CT molecular complexity index is 1240. The molecule has 0 bridgehead atoms. The van der Waals surface area contributed by atoms with Gasteiger partial charge in [0.25, 0.3) is 5.91 Å². The summed E-state index contributed by atoms with van der Waals surface area (Å²) in [6, 6.07) is 2.76. The Morgan fingerprint density at radius 2 is 2.00 bits per heavy atom. The number of carbonyl (C=O) groups excluding carboxylic acids is 1. The predicted molar refractivity (Wildman–Crippen MR) is 135 cm³/mol. The van der Waals surface area contributed by atoms with Gasteiger partial charge in [0.1, 0.15) is 5.75 Å². The van der Waals surface area contributed by atoms with E-state index in [1.54, 1.807) is 0 Å². The van der Waals surface area contributed by atoms with Gasteiger partial charge in [-0.15, -0.1) is 11.3 Å². The molecule has 2 saturated heterocycles. The first-order valence-corrected chi connectivity index (χ1v) is 13.4. The molecule has 3 heterocycles. The van der Waals surface area contributed by atoms with E-state index < -0.39 is 23.7 Å². The van der Waals surface area contributed by atoms with Gasteiger partial charge < -0.3 is 24.0 Å². The molecule has 208 valence electrons. The van der Waals surface area contributed by atoms with E-state index in [9.17, 15) is 22.8 Å². The van der Waals surface area contributed by atoms with Crippen molar-refractivity contribution >= 4 is 23.3 Å². The first-order valence-electron chi connectivity index (χ1n) is 12.5. The molecule has 1 aromatic heterocycles. The highest BCUT2D eigenvalue weighted by Crippen LogP contribution is 2.33. The Hall–Kier alpha value is -2.86. The molecule has 2 atom stereocenters. The van der Waals surface area contributed by atoms with Gasteiger partial charge in [0.15, 0.2) is 4.80 Å². The molecule has 0 radical (unpaired) electrons. The lowest BCUT2D eigenvalue weighted by Gasteiger charge is -2.16. The molecule has 2 aromatic rings. The molecule has 2 aliphatic rings. The van der Waals surface area contributed by atoms with E-state index in [4.69, 9.17) is 14.6 Å². The molecule has 38 heavy (non-hydrogen) atoms. The van der Waals surface area contributed by atoms with Gasteiger partial charge in [0, 0.05) is 36.7 Å². The number of ether oxygens (including phenoxy) is 2. The van der Waals surface area contributed by atoms with Crippen LogP contribution in [0.4, 0.5) is 18.0 Å². The number of hydrogen-bond donors (Lipinski definition) is 1. The second-order valence-electron chi connectivity index (χ2n) is 10.7. The van der Waals surface area contributed by atoms with Crippen molar-refractivity contribution in [3.05, 3.63) is 45.2 Å². The minimum Gasteiger partial charge on any atom is -0.492 e.